The fourth-order valence-electron chi connectivity index (χ4n) is 6.07. The van der Waals surface area contributed by atoms with Crippen molar-refractivity contribution in [1.82, 2.24) is 0 Å². The molecule has 0 bridgehead atoms. The Balaban J connectivity index is 1.57. The molecule has 5 aromatic carbocycles. The van der Waals surface area contributed by atoms with Gasteiger partial charge in [-0.05, 0) is 54.3 Å². The van der Waals surface area contributed by atoms with Crippen LogP contribution >= 0.6 is 11.8 Å². The van der Waals surface area contributed by atoms with Gasteiger partial charge in [-0.15, -0.1) is 0 Å². The molecule has 0 fully saturated rings. The van der Waals surface area contributed by atoms with E-state index < -0.39 is 4.75 Å². The van der Waals surface area contributed by atoms with E-state index in [0.29, 0.717) is 0 Å². The van der Waals surface area contributed by atoms with Crippen molar-refractivity contribution >= 4 is 22.5 Å². The van der Waals surface area contributed by atoms with Gasteiger partial charge in [0.1, 0.15) is 16.2 Å². The summed E-state index contributed by atoms with van der Waals surface area (Å²) in [7, 11) is 0. The molecule has 3 heteroatoms. The second-order valence-corrected chi connectivity index (χ2v) is 11.3. The molecule has 0 amide bonds. The van der Waals surface area contributed by atoms with Gasteiger partial charge in [0.25, 0.3) is 0 Å². The molecule has 0 aromatic heterocycles. The molecule has 2 heterocycles. The Hall–Kier alpha value is -4.08. The molecular weight excluding hydrogens is 482 g/mol. The number of aryl methyl sites for hydroxylation is 2. The Labute approximate surface area is 228 Å². The van der Waals surface area contributed by atoms with Gasteiger partial charge in [-0.2, -0.15) is 0 Å². The van der Waals surface area contributed by atoms with E-state index in [4.69, 9.17) is 9.73 Å². The molecule has 5 aromatic rings. The van der Waals surface area contributed by atoms with Gasteiger partial charge in [0.05, 0.1) is 16.6 Å². The van der Waals surface area contributed by atoms with Crippen molar-refractivity contribution in [3.05, 3.63) is 160 Å². The second-order valence-electron chi connectivity index (χ2n) is 10.1. The van der Waals surface area contributed by atoms with E-state index in [-0.39, 0.29) is 5.92 Å². The second kappa shape index (κ2) is 9.04. The van der Waals surface area contributed by atoms with Gasteiger partial charge in [0.2, 0.25) is 0 Å². The third-order valence-electron chi connectivity index (χ3n) is 7.56. The molecule has 38 heavy (non-hydrogen) atoms. The average molecular weight is 510 g/mol. The number of rotatable bonds is 3. The molecule has 0 N–H and O–H groups in total. The Kier molecular flexibility index (Phi) is 5.49. The predicted molar refractivity (Wildman–Crippen MR) is 158 cm³/mol. The maximum absolute atomic E-state index is 6.50. The van der Waals surface area contributed by atoms with Gasteiger partial charge in [-0.3, -0.25) is 0 Å². The van der Waals surface area contributed by atoms with Crippen molar-refractivity contribution < 1.29 is 4.74 Å². The van der Waals surface area contributed by atoms with Crippen LogP contribution in [0, 0.1) is 13.8 Å². The maximum atomic E-state index is 6.50. The topological polar surface area (TPSA) is 21.6 Å². The standard InChI is InChI=1S/C35H27NOS/c1-23-21-24(2)33-29(22-23)36-34(32(25-13-5-3-6-14-25)26-15-7-4-8-16-26)38-35(33)27-17-9-11-19-30(27)37-31-20-12-10-18-28(31)35/h3-22,32H,1-2H3. The van der Waals surface area contributed by atoms with Crippen molar-refractivity contribution in [1.29, 1.82) is 0 Å². The van der Waals surface area contributed by atoms with E-state index >= 15 is 0 Å². The van der Waals surface area contributed by atoms with Gasteiger partial charge >= 0.3 is 0 Å². The SMILES string of the molecule is Cc1cc(C)c2c(c1)N=C(C(c1ccccc1)c1ccccc1)SC21c2ccccc2Oc2ccccc21. The number of hydrogen-bond donors (Lipinski definition) is 0. The average Bonchev–Trinajstić information content (AvgIpc) is 2.94. The van der Waals surface area contributed by atoms with Crippen LogP contribution in [-0.4, -0.2) is 5.04 Å². The minimum atomic E-state index is -0.489. The summed E-state index contributed by atoms with van der Waals surface area (Å²) in [5.74, 6) is 1.82. The summed E-state index contributed by atoms with van der Waals surface area (Å²) >= 11 is 1.87. The summed E-state index contributed by atoms with van der Waals surface area (Å²) in [6.45, 7) is 4.38. The van der Waals surface area contributed by atoms with Crippen LogP contribution in [0.15, 0.2) is 126 Å². The molecule has 0 unspecified atom stereocenters. The van der Waals surface area contributed by atoms with E-state index in [1.54, 1.807) is 0 Å². The van der Waals surface area contributed by atoms with E-state index in [1.807, 2.05) is 11.8 Å². The summed E-state index contributed by atoms with van der Waals surface area (Å²) in [4.78, 5) is 5.45. The summed E-state index contributed by atoms with van der Waals surface area (Å²) in [6.07, 6.45) is 0. The van der Waals surface area contributed by atoms with Crippen molar-refractivity contribution in [3.8, 4) is 11.5 Å². The van der Waals surface area contributed by atoms with Gasteiger partial charge in [0, 0.05) is 16.7 Å². The third kappa shape index (κ3) is 3.53. The zero-order valence-electron chi connectivity index (χ0n) is 21.4. The first-order valence-electron chi connectivity index (χ1n) is 13.0. The lowest BCUT2D eigenvalue weighted by atomic mass is 9.78. The van der Waals surface area contributed by atoms with Crippen LogP contribution in [0.5, 0.6) is 11.5 Å². The van der Waals surface area contributed by atoms with Crippen molar-refractivity contribution in [3.63, 3.8) is 0 Å². The number of benzene rings is 5. The highest BCUT2D eigenvalue weighted by Gasteiger charge is 2.50. The van der Waals surface area contributed by atoms with Crippen molar-refractivity contribution in [2.24, 2.45) is 4.99 Å². The van der Waals surface area contributed by atoms with Crippen molar-refractivity contribution in [2.75, 3.05) is 0 Å². The molecule has 0 atom stereocenters. The minimum absolute atomic E-state index is 0.00964. The van der Waals surface area contributed by atoms with Crippen LogP contribution < -0.4 is 4.74 Å². The lowest BCUT2D eigenvalue weighted by Crippen LogP contribution is -2.35. The Morgan fingerprint density at radius 1 is 0.658 bits per heavy atom. The quantitative estimate of drug-likeness (QED) is 0.242. The lowest BCUT2D eigenvalue weighted by molar-refractivity contribution is 0.447. The molecule has 0 saturated carbocycles. The van der Waals surface area contributed by atoms with E-state index in [2.05, 4.69) is 135 Å². The Morgan fingerprint density at radius 3 is 1.76 bits per heavy atom. The molecule has 0 aliphatic carbocycles. The van der Waals surface area contributed by atoms with E-state index in [9.17, 15) is 0 Å². The fraction of sp³-hybridized carbons (Fsp3) is 0.114. The summed E-state index contributed by atoms with van der Waals surface area (Å²) in [5.41, 5.74) is 9.57. The molecule has 2 nitrogen and oxygen atoms in total. The highest BCUT2D eigenvalue weighted by Crippen LogP contribution is 2.63. The molecule has 0 saturated heterocycles. The largest absolute Gasteiger partial charge is 0.457 e. The monoisotopic (exact) mass is 509 g/mol. The van der Waals surface area contributed by atoms with Crippen molar-refractivity contribution in [2.45, 2.75) is 24.5 Å². The molecule has 2 aliphatic heterocycles. The molecule has 0 radical (unpaired) electrons. The zero-order chi connectivity index (χ0) is 25.7. The predicted octanol–water partition coefficient (Wildman–Crippen LogP) is 9.31. The number of para-hydroxylation sites is 2. The third-order valence-corrected chi connectivity index (χ3v) is 9.05. The highest BCUT2D eigenvalue weighted by molar-refractivity contribution is 8.15. The minimum Gasteiger partial charge on any atom is -0.457 e. The van der Waals surface area contributed by atoms with Gasteiger partial charge in [0.15, 0.2) is 0 Å². The molecular formula is C35H27NOS. The van der Waals surface area contributed by atoms with Crippen LogP contribution in [0.1, 0.15) is 44.9 Å². The van der Waals surface area contributed by atoms with E-state index in [1.165, 1.54) is 38.9 Å². The molecule has 2 aliphatic rings. The summed E-state index contributed by atoms with van der Waals surface area (Å²) in [6, 6.07) is 43.1. The number of aliphatic imine (C=N–C) groups is 1. The number of ether oxygens (including phenoxy) is 1. The van der Waals surface area contributed by atoms with Crippen LogP contribution in [0.4, 0.5) is 5.69 Å². The first-order valence-corrected chi connectivity index (χ1v) is 13.8. The Morgan fingerprint density at radius 2 is 1.18 bits per heavy atom. The number of fused-ring (bicyclic) bond motifs is 6. The first-order chi connectivity index (χ1) is 18.6. The number of hydrogen-bond acceptors (Lipinski definition) is 3. The number of thioether (sulfide) groups is 1. The lowest BCUT2D eigenvalue weighted by Gasteiger charge is -2.44. The summed E-state index contributed by atoms with van der Waals surface area (Å²) in [5, 5.41) is 1.09. The van der Waals surface area contributed by atoms with Crippen LogP contribution in [0.3, 0.4) is 0 Å². The normalized spacial score (nSPS) is 14.8. The summed E-state index contributed by atoms with van der Waals surface area (Å²) < 4.78 is 6.01. The smallest absolute Gasteiger partial charge is 0.132 e. The zero-order valence-corrected chi connectivity index (χ0v) is 22.2. The maximum Gasteiger partial charge on any atom is 0.132 e. The fourth-order valence-corrected chi connectivity index (χ4v) is 7.84. The van der Waals surface area contributed by atoms with Crippen LogP contribution in [-0.2, 0) is 4.75 Å². The molecule has 184 valence electrons. The first kappa shape index (κ1) is 23.1. The molecule has 1 spiro atoms. The van der Waals surface area contributed by atoms with Crippen LogP contribution in [0.25, 0.3) is 0 Å². The van der Waals surface area contributed by atoms with E-state index in [0.717, 1.165) is 22.2 Å². The van der Waals surface area contributed by atoms with Crippen LogP contribution in [0.2, 0.25) is 0 Å². The molecule has 7 rings (SSSR count). The highest BCUT2D eigenvalue weighted by atomic mass is 32.2. The van der Waals surface area contributed by atoms with Gasteiger partial charge in [-0.1, -0.05) is 115 Å². The van der Waals surface area contributed by atoms with Gasteiger partial charge in [-0.25, -0.2) is 4.99 Å². The Bertz CT molecular complexity index is 1610. The number of nitrogens with zero attached hydrogens (tertiary/aromatic N) is 1. The van der Waals surface area contributed by atoms with Gasteiger partial charge < -0.3 is 4.74 Å².